The van der Waals surface area contributed by atoms with E-state index >= 15 is 0 Å². The summed E-state index contributed by atoms with van der Waals surface area (Å²) in [5.41, 5.74) is 0.306. The number of ether oxygens (including phenoxy) is 1. The molecule has 0 unspecified atom stereocenters. The number of nitrogens with zero attached hydrogens (tertiary/aromatic N) is 6. The molecule has 0 bridgehead atoms. The van der Waals surface area contributed by atoms with Gasteiger partial charge in [0.1, 0.15) is 17.9 Å². The third-order valence-corrected chi connectivity index (χ3v) is 6.85. The van der Waals surface area contributed by atoms with Gasteiger partial charge in [-0.1, -0.05) is 24.6 Å². The number of carbonyl (C=O) groups is 1. The highest BCUT2D eigenvalue weighted by Gasteiger charge is 2.33. The van der Waals surface area contributed by atoms with Crippen LogP contribution in [0.15, 0.2) is 23.0 Å². The van der Waals surface area contributed by atoms with Crippen LogP contribution in [-0.4, -0.2) is 69.4 Å². The van der Waals surface area contributed by atoms with E-state index in [1.54, 1.807) is 4.57 Å². The molecule has 1 amide bonds. The minimum Gasteiger partial charge on any atom is -0.377 e. The number of hydrogen-bond donors (Lipinski definition) is 2. The number of carbonyl (C=O) groups excluding carboxylic acids is 1. The second-order valence-corrected chi connectivity index (χ2v) is 9.42. The summed E-state index contributed by atoms with van der Waals surface area (Å²) in [4.78, 5) is 36.8. The first-order chi connectivity index (χ1) is 18.7. The van der Waals surface area contributed by atoms with Crippen LogP contribution in [0.25, 0.3) is 11.4 Å². The predicted molar refractivity (Wildman–Crippen MR) is 138 cm³/mol. The van der Waals surface area contributed by atoms with Gasteiger partial charge in [-0.05, 0) is 30.5 Å². The molecule has 39 heavy (non-hydrogen) atoms. The Balaban J connectivity index is 1.56. The molecule has 1 saturated heterocycles. The summed E-state index contributed by atoms with van der Waals surface area (Å²) in [6, 6.07) is 1.79. The van der Waals surface area contributed by atoms with Crippen molar-refractivity contribution in [2.45, 2.75) is 32.5 Å². The molecule has 5 rings (SSSR count). The fourth-order valence-corrected chi connectivity index (χ4v) is 4.90. The molecule has 2 aliphatic heterocycles. The zero-order valence-electron chi connectivity index (χ0n) is 21.0. The summed E-state index contributed by atoms with van der Waals surface area (Å²) in [5.74, 6) is -0.0243. The van der Waals surface area contributed by atoms with Crippen LogP contribution in [-0.2, 0) is 28.7 Å². The lowest BCUT2D eigenvalue weighted by Gasteiger charge is -2.31. The lowest BCUT2D eigenvalue weighted by Crippen LogP contribution is -2.47. The number of alkyl halides is 3. The first kappa shape index (κ1) is 27.1. The summed E-state index contributed by atoms with van der Waals surface area (Å²) in [5, 5.41) is 9.80. The zero-order valence-corrected chi connectivity index (χ0v) is 21.8. The molecule has 1 fully saturated rings. The van der Waals surface area contributed by atoms with Gasteiger partial charge in [-0.25, -0.2) is 4.98 Å². The third kappa shape index (κ3) is 5.49. The maximum Gasteiger partial charge on any atom is 0.433 e. The van der Waals surface area contributed by atoms with Gasteiger partial charge < -0.3 is 24.8 Å². The van der Waals surface area contributed by atoms with Gasteiger partial charge in [-0.2, -0.15) is 22.7 Å². The van der Waals surface area contributed by atoms with Crippen molar-refractivity contribution in [1.29, 1.82) is 0 Å². The van der Waals surface area contributed by atoms with E-state index in [1.807, 2.05) is 17.9 Å². The summed E-state index contributed by atoms with van der Waals surface area (Å²) >= 11 is 5.94. The normalized spacial score (nSPS) is 16.4. The van der Waals surface area contributed by atoms with Gasteiger partial charge in [-0.15, -0.1) is 5.10 Å². The van der Waals surface area contributed by atoms with Gasteiger partial charge in [0.05, 0.1) is 24.6 Å². The minimum absolute atomic E-state index is 0.0679. The highest BCUT2D eigenvalue weighted by atomic mass is 35.5. The smallest absolute Gasteiger partial charge is 0.377 e. The van der Waals surface area contributed by atoms with Crippen LogP contribution in [0.3, 0.4) is 0 Å². The molecule has 0 saturated carbocycles. The maximum absolute atomic E-state index is 13.7. The fraction of sp³-hybridized carbons (Fsp3) is 0.458. The number of rotatable bonds is 6. The molecular weight excluding hydrogens is 541 g/mol. The number of pyridine rings is 1. The van der Waals surface area contributed by atoms with E-state index in [2.05, 4.69) is 25.7 Å². The van der Waals surface area contributed by atoms with E-state index in [4.69, 9.17) is 16.3 Å². The molecule has 15 heteroatoms. The number of amides is 1. The van der Waals surface area contributed by atoms with E-state index in [0.29, 0.717) is 69.4 Å². The monoisotopic (exact) mass is 566 g/mol. The highest BCUT2D eigenvalue weighted by Crippen LogP contribution is 2.31. The van der Waals surface area contributed by atoms with E-state index in [9.17, 15) is 22.8 Å². The summed E-state index contributed by atoms with van der Waals surface area (Å²) in [6.45, 7) is 5.07. The van der Waals surface area contributed by atoms with Gasteiger partial charge in [-0.3, -0.25) is 9.59 Å². The van der Waals surface area contributed by atoms with Crippen molar-refractivity contribution < 1.29 is 22.7 Å². The molecule has 5 heterocycles. The largest absolute Gasteiger partial charge is 0.433 e. The molecule has 2 N–H and O–H groups in total. The van der Waals surface area contributed by atoms with Crippen molar-refractivity contribution in [3.05, 3.63) is 50.9 Å². The average Bonchev–Trinajstić information content (AvgIpc) is 3.38. The average molecular weight is 567 g/mol. The van der Waals surface area contributed by atoms with Crippen molar-refractivity contribution in [2.75, 3.05) is 49.6 Å². The Hall–Kier alpha value is -3.49. The summed E-state index contributed by atoms with van der Waals surface area (Å²) in [7, 11) is 0. The molecule has 11 nitrogen and oxygen atoms in total. The topological polar surface area (TPSA) is 119 Å². The Morgan fingerprint density at radius 2 is 2.00 bits per heavy atom. The molecule has 2 aliphatic rings. The van der Waals surface area contributed by atoms with Gasteiger partial charge in [0.2, 0.25) is 11.7 Å². The number of fused-ring (bicyclic) bond motifs is 1. The standard InChI is InChI=1S/C24H26ClF3N8O3/c1-2-16-19(34-9-7-29-8-10-34)22(38)36-23(32-21(33-36)14-5-11-39-12-6-14)35(16)13-18(37)30-15-3-4-17(24(26,27)28)31-20(15)25/h3-5,29H,2,6-13H2,1H3,(H,30,37). The molecule has 0 spiro atoms. The Bertz CT molecular complexity index is 1490. The van der Waals surface area contributed by atoms with E-state index < -0.39 is 22.9 Å². The van der Waals surface area contributed by atoms with Crippen LogP contribution in [0, 0.1) is 0 Å². The van der Waals surface area contributed by atoms with E-state index in [1.165, 1.54) is 4.52 Å². The highest BCUT2D eigenvalue weighted by molar-refractivity contribution is 6.32. The predicted octanol–water partition coefficient (Wildman–Crippen LogP) is 2.37. The Kier molecular flexibility index (Phi) is 7.60. The van der Waals surface area contributed by atoms with Crippen molar-refractivity contribution >= 4 is 40.2 Å². The van der Waals surface area contributed by atoms with Crippen LogP contribution in [0.1, 0.15) is 30.6 Å². The summed E-state index contributed by atoms with van der Waals surface area (Å²) in [6.07, 6.45) is -1.82. The first-order valence-corrected chi connectivity index (χ1v) is 12.8. The lowest BCUT2D eigenvalue weighted by molar-refractivity contribution is -0.141. The second kappa shape index (κ2) is 10.9. The Morgan fingerprint density at radius 1 is 1.23 bits per heavy atom. The molecule has 3 aromatic heterocycles. The van der Waals surface area contributed by atoms with Crippen LogP contribution in [0.2, 0.25) is 5.15 Å². The van der Waals surface area contributed by atoms with Crippen molar-refractivity contribution in [1.82, 2.24) is 29.5 Å². The maximum atomic E-state index is 13.7. The zero-order chi connectivity index (χ0) is 27.7. The van der Waals surface area contributed by atoms with Gasteiger partial charge in [0, 0.05) is 26.2 Å². The quantitative estimate of drug-likeness (QED) is 0.437. The third-order valence-electron chi connectivity index (χ3n) is 6.56. The van der Waals surface area contributed by atoms with Crippen molar-refractivity contribution in [2.24, 2.45) is 0 Å². The number of nitrogens with one attached hydrogen (secondary N) is 2. The second-order valence-electron chi connectivity index (χ2n) is 9.06. The molecule has 0 aliphatic carbocycles. The van der Waals surface area contributed by atoms with Gasteiger partial charge >= 0.3 is 6.18 Å². The molecular formula is C24H26ClF3N8O3. The Labute approximate surface area is 225 Å². The van der Waals surface area contributed by atoms with E-state index in [-0.39, 0.29) is 23.6 Å². The molecule has 208 valence electrons. The molecule has 0 aromatic carbocycles. The van der Waals surface area contributed by atoms with Crippen LogP contribution in [0.4, 0.5) is 24.5 Å². The Morgan fingerprint density at radius 3 is 2.64 bits per heavy atom. The number of aromatic nitrogens is 5. The minimum atomic E-state index is -4.67. The fourth-order valence-electron chi connectivity index (χ4n) is 4.70. The summed E-state index contributed by atoms with van der Waals surface area (Å²) < 4.78 is 47.1. The van der Waals surface area contributed by atoms with Gasteiger partial charge in [0.25, 0.3) is 5.56 Å². The van der Waals surface area contributed by atoms with Crippen LogP contribution < -0.4 is 21.1 Å². The van der Waals surface area contributed by atoms with E-state index in [0.717, 1.165) is 17.7 Å². The van der Waals surface area contributed by atoms with Gasteiger partial charge in [0.15, 0.2) is 11.0 Å². The number of anilines is 2. The van der Waals surface area contributed by atoms with Crippen LogP contribution in [0.5, 0.6) is 0 Å². The molecule has 0 atom stereocenters. The van der Waals surface area contributed by atoms with Crippen molar-refractivity contribution in [3.8, 4) is 0 Å². The number of hydrogen-bond acceptors (Lipinski definition) is 8. The molecule has 0 radical (unpaired) electrons. The number of piperazine rings is 1. The van der Waals surface area contributed by atoms with Crippen LogP contribution >= 0.6 is 11.6 Å². The molecule has 3 aromatic rings. The lowest BCUT2D eigenvalue weighted by atomic mass is 10.1. The van der Waals surface area contributed by atoms with Crippen molar-refractivity contribution in [3.63, 3.8) is 0 Å². The first-order valence-electron chi connectivity index (χ1n) is 12.5. The number of halogens is 4. The SMILES string of the molecule is CCc1c(N2CCNCC2)c(=O)n2nc(C3=CCOCC3)nc2n1CC(=O)Nc1ccc(C(F)(F)F)nc1Cl.